The standard InChI is InChI=1S/C15H17BrN2OS/c1-4-5-11-13(16)15(20)18-14(17-11)10-6-7-12(19-3)9(2)8-10/h6-8H,4-5H2,1-3H3,(H,17,18,20). The first-order valence-corrected chi connectivity index (χ1v) is 7.70. The van der Waals surface area contributed by atoms with E-state index in [4.69, 9.17) is 17.0 Å². The molecule has 0 amide bonds. The van der Waals surface area contributed by atoms with Gasteiger partial charge in [-0.15, -0.1) is 0 Å². The maximum absolute atomic E-state index is 5.32. The minimum absolute atomic E-state index is 0.593. The van der Waals surface area contributed by atoms with E-state index in [1.54, 1.807) is 7.11 Å². The number of nitrogens with zero attached hydrogens (tertiary/aromatic N) is 1. The number of halogens is 1. The molecule has 5 heteroatoms. The molecule has 1 aromatic heterocycles. The van der Waals surface area contributed by atoms with Crippen LogP contribution in [0, 0.1) is 11.6 Å². The maximum Gasteiger partial charge on any atom is 0.144 e. The van der Waals surface area contributed by atoms with Gasteiger partial charge in [-0.3, -0.25) is 0 Å². The Hall–Kier alpha value is -1.20. The Balaban J connectivity index is 2.52. The van der Waals surface area contributed by atoms with Crippen LogP contribution in [0.3, 0.4) is 0 Å². The lowest BCUT2D eigenvalue weighted by molar-refractivity contribution is 0.412. The first kappa shape index (κ1) is 15.2. The third kappa shape index (κ3) is 3.10. The molecule has 1 heterocycles. The molecule has 0 fully saturated rings. The van der Waals surface area contributed by atoms with Crippen molar-refractivity contribution in [3.8, 4) is 17.1 Å². The number of hydrogen-bond donors (Lipinski definition) is 1. The van der Waals surface area contributed by atoms with Crippen molar-refractivity contribution in [3.63, 3.8) is 0 Å². The van der Waals surface area contributed by atoms with Crippen molar-refractivity contribution in [3.05, 3.63) is 38.6 Å². The van der Waals surface area contributed by atoms with Gasteiger partial charge < -0.3 is 9.72 Å². The molecule has 0 saturated carbocycles. The number of ether oxygens (including phenoxy) is 1. The summed E-state index contributed by atoms with van der Waals surface area (Å²) in [6.45, 7) is 4.16. The molecule has 20 heavy (non-hydrogen) atoms. The van der Waals surface area contributed by atoms with Gasteiger partial charge >= 0.3 is 0 Å². The van der Waals surface area contributed by atoms with E-state index in [2.05, 4.69) is 38.9 Å². The number of hydrogen-bond acceptors (Lipinski definition) is 3. The molecule has 0 radical (unpaired) electrons. The number of nitrogens with one attached hydrogen (secondary N) is 1. The van der Waals surface area contributed by atoms with E-state index in [-0.39, 0.29) is 0 Å². The van der Waals surface area contributed by atoms with Gasteiger partial charge in [0.05, 0.1) is 11.6 Å². The predicted molar refractivity (Wildman–Crippen MR) is 87.8 cm³/mol. The minimum atomic E-state index is 0.593. The second-order valence-electron chi connectivity index (χ2n) is 4.62. The summed E-state index contributed by atoms with van der Waals surface area (Å²) in [5.41, 5.74) is 3.18. The van der Waals surface area contributed by atoms with Crippen LogP contribution in [0.5, 0.6) is 5.75 Å². The molecule has 0 saturated heterocycles. The molecular weight excluding hydrogens is 336 g/mol. The van der Waals surface area contributed by atoms with Gasteiger partial charge in [0.2, 0.25) is 0 Å². The SMILES string of the molecule is CCCc1[nH]c(-c2ccc(OC)c(C)c2)nc(=S)c1Br. The summed E-state index contributed by atoms with van der Waals surface area (Å²) in [5.74, 6) is 1.67. The van der Waals surface area contributed by atoms with E-state index in [9.17, 15) is 0 Å². The molecule has 0 atom stereocenters. The molecule has 3 nitrogen and oxygen atoms in total. The van der Waals surface area contributed by atoms with Gasteiger partial charge in [-0.05, 0) is 53.0 Å². The second-order valence-corrected chi connectivity index (χ2v) is 5.80. The number of benzene rings is 1. The quantitative estimate of drug-likeness (QED) is 0.800. The number of methoxy groups -OCH3 is 1. The molecule has 1 aromatic carbocycles. The highest BCUT2D eigenvalue weighted by Gasteiger charge is 2.09. The van der Waals surface area contributed by atoms with Crippen molar-refractivity contribution in [1.82, 2.24) is 9.97 Å². The van der Waals surface area contributed by atoms with Crippen molar-refractivity contribution in [1.29, 1.82) is 0 Å². The number of H-pyrrole nitrogens is 1. The van der Waals surface area contributed by atoms with E-state index in [0.717, 1.165) is 45.7 Å². The van der Waals surface area contributed by atoms with E-state index in [0.29, 0.717) is 4.64 Å². The zero-order valence-corrected chi connectivity index (χ0v) is 14.2. The molecule has 0 aliphatic carbocycles. The highest BCUT2D eigenvalue weighted by molar-refractivity contribution is 9.10. The fourth-order valence-electron chi connectivity index (χ4n) is 2.09. The summed E-state index contributed by atoms with van der Waals surface area (Å²) in [5, 5.41) is 0. The normalized spacial score (nSPS) is 10.6. The van der Waals surface area contributed by atoms with Gasteiger partial charge in [-0.2, -0.15) is 0 Å². The average Bonchev–Trinajstić information content (AvgIpc) is 2.43. The van der Waals surface area contributed by atoms with Crippen LogP contribution in [0.4, 0.5) is 0 Å². The van der Waals surface area contributed by atoms with Crippen LogP contribution in [0.25, 0.3) is 11.4 Å². The number of rotatable bonds is 4. The maximum atomic E-state index is 5.32. The Morgan fingerprint density at radius 1 is 1.40 bits per heavy atom. The van der Waals surface area contributed by atoms with Gasteiger partial charge in [-0.25, -0.2) is 4.98 Å². The van der Waals surface area contributed by atoms with Crippen molar-refractivity contribution in [2.45, 2.75) is 26.7 Å². The number of aromatic amines is 1. The third-order valence-corrected chi connectivity index (χ3v) is 4.52. The molecular formula is C15H17BrN2OS. The van der Waals surface area contributed by atoms with Crippen LogP contribution in [-0.4, -0.2) is 17.1 Å². The second kappa shape index (κ2) is 6.50. The molecule has 0 unspecified atom stereocenters. The zero-order valence-electron chi connectivity index (χ0n) is 11.8. The van der Waals surface area contributed by atoms with E-state index in [1.165, 1.54) is 0 Å². The lowest BCUT2D eigenvalue weighted by Gasteiger charge is -2.10. The van der Waals surface area contributed by atoms with Gasteiger partial charge in [0, 0.05) is 11.3 Å². The first-order chi connectivity index (χ1) is 9.56. The van der Waals surface area contributed by atoms with Crippen molar-refractivity contribution >= 4 is 28.1 Å². The van der Waals surface area contributed by atoms with Crippen molar-refractivity contribution < 1.29 is 4.74 Å². The lowest BCUT2D eigenvalue weighted by Crippen LogP contribution is -1.99. The highest BCUT2D eigenvalue weighted by Crippen LogP contribution is 2.26. The van der Waals surface area contributed by atoms with Crippen LogP contribution in [0.2, 0.25) is 0 Å². The van der Waals surface area contributed by atoms with Gasteiger partial charge in [0.15, 0.2) is 0 Å². The zero-order chi connectivity index (χ0) is 14.7. The lowest BCUT2D eigenvalue weighted by atomic mass is 10.1. The molecule has 2 aromatic rings. The summed E-state index contributed by atoms with van der Waals surface area (Å²) in [6, 6.07) is 5.99. The summed E-state index contributed by atoms with van der Waals surface area (Å²) >= 11 is 8.83. The Morgan fingerprint density at radius 3 is 2.75 bits per heavy atom. The van der Waals surface area contributed by atoms with Crippen LogP contribution >= 0.6 is 28.1 Å². The summed E-state index contributed by atoms with van der Waals surface area (Å²) in [4.78, 5) is 7.82. The molecule has 0 aliphatic heterocycles. The summed E-state index contributed by atoms with van der Waals surface area (Å²) in [6.07, 6.45) is 1.99. The molecule has 0 bridgehead atoms. The fraction of sp³-hybridized carbons (Fsp3) is 0.333. The van der Waals surface area contributed by atoms with Crippen LogP contribution < -0.4 is 4.74 Å². The predicted octanol–water partition coefficient (Wildman–Crippen LogP) is 4.84. The van der Waals surface area contributed by atoms with Crippen LogP contribution in [0.1, 0.15) is 24.6 Å². The summed E-state index contributed by atoms with van der Waals surface area (Å²) < 4.78 is 6.77. The van der Waals surface area contributed by atoms with E-state index in [1.807, 2.05) is 19.1 Å². The van der Waals surface area contributed by atoms with Crippen LogP contribution in [0.15, 0.2) is 22.7 Å². The van der Waals surface area contributed by atoms with Crippen LogP contribution in [-0.2, 0) is 6.42 Å². The monoisotopic (exact) mass is 352 g/mol. The highest BCUT2D eigenvalue weighted by atomic mass is 79.9. The van der Waals surface area contributed by atoms with E-state index < -0.39 is 0 Å². The third-order valence-electron chi connectivity index (χ3n) is 3.10. The Labute approximate surface area is 132 Å². The molecule has 2 rings (SSSR count). The number of aromatic nitrogens is 2. The Morgan fingerprint density at radius 2 is 2.15 bits per heavy atom. The average molecular weight is 353 g/mol. The largest absolute Gasteiger partial charge is 0.496 e. The number of aryl methyl sites for hydroxylation is 2. The van der Waals surface area contributed by atoms with Gasteiger partial charge in [-0.1, -0.05) is 25.6 Å². The van der Waals surface area contributed by atoms with Gasteiger partial charge in [0.25, 0.3) is 0 Å². The smallest absolute Gasteiger partial charge is 0.144 e. The van der Waals surface area contributed by atoms with Crippen molar-refractivity contribution in [2.24, 2.45) is 0 Å². The topological polar surface area (TPSA) is 37.9 Å². The summed E-state index contributed by atoms with van der Waals surface area (Å²) in [7, 11) is 1.67. The minimum Gasteiger partial charge on any atom is -0.496 e. The van der Waals surface area contributed by atoms with Gasteiger partial charge in [0.1, 0.15) is 16.2 Å². The Bertz CT molecular complexity index is 682. The molecule has 0 aliphatic rings. The molecule has 0 spiro atoms. The van der Waals surface area contributed by atoms with Crippen molar-refractivity contribution in [2.75, 3.05) is 7.11 Å². The molecule has 106 valence electrons. The van der Waals surface area contributed by atoms with E-state index >= 15 is 0 Å². The fourth-order valence-corrected chi connectivity index (χ4v) is 2.69. The Kier molecular flexibility index (Phi) is 4.94. The first-order valence-electron chi connectivity index (χ1n) is 6.50. The molecule has 1 N–H and O–H groups in total.